The number of aryl methyl sites for hydroxylation is 4. The molecule has 0 aromatic carbocycles. The summed E-state index contributed by atoms with van der Waals surface area (Å²) in [6.45, 7) is 4.93. The maximum Gasteiger partial charge on any atom is 0.222 e. The lowest BCUT2D eigenvalue weighted by Crippen LogP contribution is -2.25. The van der Waals surface area contributed by atoms with E-state index in [9.17, 15) is 4.79 Å². The summed E-state index contributed by atoms with van der Waals surface area (Å²) in [5.74, 6) is 0.00753. The maximum atomic E-state index is 11.8. The second kappa shape index (κ2) is 6.21. The van der Waals surface area contributed by atoms with Gasteiger partial charge in [-0.2, -0.15) is 10.2 Å². The highest BCUT2D eigenvalue weighted by molar-refractivity contribution is 9.10. The van der Waals surface area contributed by atoms with Gasteiger partial charge in [-0.25, -0.2) is 0 Å². The molecule has 0 bridgehead atoms. The molecule has 20 heavy (non-hydrogen) atoms. The third-order valence-corrected chi connectivity index (χ3v) is 3.80. The fourth-order valence-corrected chi connectivity index (χ4v) is 2.25. The standard InChI is InChI=1S/C13H18BrN5O/c1-9-6-11(18(3)16-9)7-15-13(20)4-5-19-8-12(14)10(2)17-19/h6,8H,4-5,7H2,1-3H3,(H,15,20). The Morgan fingerprint density at radius 3 is 2.70 bits per heavy atom. The molecule has 1 N–H and O–H groups in total. The van der Waals surface area contributed by atoms with Crippen LogP contribution in [-0.2, 0) is 24.9 Å². The van der Waals surface area contributed by atoms with Crippen LogP contribution in [-0.4, -0.2) is 25.5 Å². The first-order valence-corrected chi connectivity index (χ1v) is 7.21. The predicted octanol–water partition coefficient (Wildman–Crippen LogP) is 1.70. The molecule has 6 nitrogen and oxygen atoms in total. The van der Waals surface area contributed by atoms with Crippen LogP contribution in [0.15, 0.2) is 16.7 Å². The van der Waals surface area contributed by atoms with Crippen molar-refractivity contribution in [3.05, 3.63) is 33.8 Å². The van der Waals surface area contributed by atoms with Gasteiger partial charge in [0, 0.05) is 26.2 Å². The average Bonchev–Trinajstić information content (AvgIpc) is 2.87. The van der Waals surface area contributed by atoms with E-state index in [2.05, 4.69) is 31.4 Å². The molecule has 1 amide bonds. The first-order chi connectivity index (χ1) is 9.45. The summed E-state index contributed by atoms with van der Waals surface area (Å²) < 4.78 is 4.51. The van der Waals surface area contributed by atoms with E-state index in [1.807, 2.05) is 33.2 Å². The van der Waals surface area contributed by atoms with Crippen molar-refractivity contribution in [1.29, 1.82) is 0 Å². The number of rotatable bonds is 5. The number of hydrogen-bond acceptors (Lipinski definition) is 3. The van der Waals surface area contributed by atoms with Crippen molar-refractivity contribution in [3.8, 4) is 0 Å². The summed E-state index contributed by atoms with van der Waals surface area (Å²) in [7, 11) is 1.87. The van der Waals surface area contributed by atoms with Gasteiger partial charge in [0.2, 0.25) is 5.91 Å². The third-order valence-electron chi connectivity index (χ3n) is 3.02. The Balaban J connectivity index is 1.79. The van der Waals surface area contributed by atoms with Crippen LogP contribution >= 0.6 is 15.9 Å². The van der Waals surface area contributed by atoms with Crippen LogP contribution in [0.1, 0.15) is 23.5 Å². The van der Waals surface area contributed by atoms with Gasteiger partial charge in [-0.05, 0) is 35.8 Å². The molecule has 0 saturated heterocycles. The van der Waals surface area contributed by atoms with Crippen molar-refractivity contribution >= 4 is 21.8 Å². The van der Waals surface area contributed by atoms with Crippen molar-refractivity contribution < 1.29 is 4.79 Å². The summed E-state index contributed by atoms with van der Waals surface area (Å²) >= 11 is 3.40. The van der Waals surface area contributed by atoms with E-state index < -0.39 is 0 Å². The molecule has 0 radical (unpaired) electrons. The lowest BCUT2D eigenvalue weighted by Gasteiger charge is -2.05. The van der Waals surface area contributed by atoms with Gasteiger partial charge in [0.15, 0.2) is 0 Å². The van der Waals surface area contributed by atoms with Gasteiger partial charge in [-0.15, -0.1) is 0 Å². The fraction of sp³-hybridized carbons (Fsp3) is 0.462. The second-order valence-corrected chi connectivity index (χ2v) is 5.61. The summed E-state index contributed by atoms with van der Waals surface area (Å²) in [4.78, 5) is 11.8. The highest BCUT2D eigenvalue weighted by Crippen LogP contribution is 2.13. The van der Waals surface area contributed by atoms with E-state index in [0.29, 0.717) is 19.5 Å². The fourth-order valence-electron chi connectivity index (χ4n) is 1.93. The zero-order valence-corrected chi connectivity index (χ0v) is 13.4. The molecule has 0 aliphatic carbocycles. The molecule has 0 saturated carbocycles. The molecule has 2 aromatic rings. The third kappa shape index (κ3) is 3.69. The van der Waals surface area contributed by atoms with Crippen LogP contribution in [0.25, 0.3) is 0 Å². The average molecular weight is 340 g/mol. The molecule has 108 valence electrons. The number of nitrogens with zero attached hydrogens (tertiary/aromatic N) is 4. The van der Waals surface area contributed by atoms with Crippen molar-refractivity contribution in [2.45, 2.75) is 33.4 Å². The molecule has 0 atom stereocenters. The SMILES string of the molecule is Cc1cc(CNC(=O)CCn2cc(Br)c(C)n2)n(C)n1. The number of carbonyl (C=O) groups is 1. The number of halogens is 1. The van der Waals surface area contributed by atoms with Crippen LogP contribution < -0.4 is 5.32 Å². The van der Waals surface area contributed by atoms with Gasteiger partial charge in [0.25, 0.3) is 0 Å². The molecule has 0 aliphatic rings. The zero-order chi connectivity index (χ0) is 14.7. The summed E-state index contributed by atoms with van der Waals surface area (Å²) in [6.07, 6.45) is 2.29. The first kappa shape index (κ1) is 14.8. The molecule has 0 spiro atoms. The van der Waals surface area contributed by atoms with E-state index in [1.165, 1.54) is 0 Å². The number of aromatic nitrogens is 4. The second-order valence-electron chi connectivity index (χ2n) is 4.75. The molecule has 0 aliphatic heterocycles. The van der Waals surface area contributed by atoms with Crippen LogP contribution in [0, 0.1) is 13.8 Å². The Labute approximate surface area is 126 Å². The van der Waals surface area contributed by atoms with Gasteiger partial charge in [0.05, 0.1) is 28.1 Å². The molecular weight excluding hydrogens is 322 g/mol. The normalized spacial score (nSPS) is 10.8. The topological polar surface area (TPSA) is 64.7 Å². The Morgan fingerprint density at radius 2 is 2.15 bits per heavy atom. The number of carbonyl (C=O) groups excluding carboxylic acids is 1. The summed E-state index contributed by atoms with van der Waals surface area (Å²) in [6, 6.07) is 1.97. The lowest BCUT2D eigenvalue weighted by molar-refractivity contribution is -0.121. The smallest absolute Gasteiger partial charge is 0.222 e. The Bertz CT molecular complexity index is 597. The van der Waals surface area contributed by atoms with Gasteiger partial charge in [-0.1, -0.05) is 0 Å². The molecule has 0 unspecified atom stereocenters. The minimum atomic E-state index is 0.00753. The van der Waals surface area contributed by atoms with E-state index in [4.69, 9.17) is 0 Å². The summed E-state index contributed by atoms with van der Waals surface area (Å²) in [5, 5.41) is 11.4. The van der Waals surface area contributed by atoms with E-state index >= 15 is 0 Å². The van der Waals surface area contributed by atoms with Gasteiger partial charge < -0.3 is 5.32 Å². The zero-order valence-electron chi connectivity index (χ0n) is 11.9. The van der Waals surface area contributed by atoms with Crippen molar-refractivity contribution in [1.82, 2.24) is 24.9 Å². The Kier molecular flexibility index (Phi) is 4.59. The number of amides is 1. The van der Waals surface area contributed by atoms with Gasteiger partial charge in [0.1, 0.15) is 0 Å². The molecule has 2 heterocycles. The van der Waals surface area contributed by atoms with Crippen LogP contribution in [0.5, 0.6) is 0 Å². The number of nitrogens with one attached hydrogen (secondary N) is 1. The van der Waals surface area contributed by atoms with E-state index in [-0.39, 0.29) is 5.91 Å². The molecule has 2 aromatic heterocycles. The first-order valence-electron chi connectivity index (χ1n) is 6.41. The van der Waals surface area contributed by atoms with Crippen LogP contribution in [0.3, 0.4) is 0 Å². The minimum Gasteiger partial charge on any atom is -0.350 e. The van der Waals surface area contributed by atoms with Gasteiger partial charge in [-0.3, -0.25) is 14.2 Å². The van der Waals surface area contributed by atoms with Crippen molar-refractivity contribution in [2.75, 3.05) is 0 Å². The van der Waals surface area contributed by atoms with Crippen LogP contribution in [0.2, 0.25) is 0 Å². The predicted molar refractivity (Wildman–Crippen MR) is 79.1 cm³/mol. The van der Waals surface area contributed by atoms with E-state index in [0.717, 1.165) is 21.6 Å². The quantitative estimate of drug-likeness (QED) is 0.901. The summed E-state index contributed by atoms with van der Waals surface area (Å²) in [5.41, 5.74) is 2.87. The largest absolute Gasteiger partial charge is 0.350 e. The molecule has 2 rings (SSSR count). The molecule has 0 fully saturated rings. The minimum absolute atomic E-state index is 0.00753. The van der Waals surface area contributed by atoms with Gasteiger partial charge >= 0.3 is 0 Å². The van der Waals surface area contributed by atoms with Crippen LogP contribution in [0.4, 0.5) is 0 Å². The Morgan fingerprint density at radius 1 is 1.40 bits per heavy atom. The van der Waals surface area contributed by atoms with Crippen molar-refractivity contribution in [2.24, 2.45) is 7.05 Å². The molecular formula is C13H18BrN5O. The molecule has 7 heteroatoms. The number of hydrogen-bond donors (Lipinski definition) is 1. The van der Waals surface area contributed by atoms with E-state index in [1.54, 1.807) is 9.36 Å². The highest BCUT2D eigenvalue weighted by atomic mass is 79.9. The Hall–Kier alpha value is -1.63. The lowest BCUT2D eigenvalue weighted by atomic mass is 10.3. The highest BCUT2D eigenvalue weighted by Gasteiger charge is 2.07. The maximum absolute atomic E-state index is 11.8. The monoisotopic (exact) mass is 339 g/mol. The van der Waals surface area contributed by atoms with Crippen molar-refractivity contribution in [3.63, 3.8) is 0 Å².